The van der Waals surface area contributed by atoms with Crippen molar-refractivity contribution in [3.05, 3.63) is 62.1 Å². The van der Waals surface area contributed by atoms with Crippen LogP contribution in [0.3, 0.4) is 0 Å². The molecule has 20 heavy (non-hydrogen) atoms. The zero-order chi connectivity index (χ0) is 14.7. The van der Waals surface area contributed by atoms with Crippen molar-refractivity contribution in [3.63, 3.8) is 0 Å². The lowest BCUT2D eigenvalue weighted by Crippen LogP contribution is -2.21. The van der Waals surface area contributed by atoms with Crippen LogP contribution in [0.5, 0.6) is 0 Å². The number of aromatic nitrogens is 1. The highest BCUT2D eigenvalue weighted by Gasteiger charge is 2.17. The van der Waals surface area contributed by atoms with Gasteiger partial charge in [-0.2, -0.15) is 0 Å². The van der Waals surface area contributed by atoms with Gasteiger partial charge in [-0.05, 0) is 37.2 Å². The van der Waals surface area contributed by atoms with E-state index in [9.17, 15) is 4.39 Å². The van der Waals surface area contributed by atoms with Crippen LogP contribution in [0.1, 0.15) is 17.3 Å². The van der Waals surface area contributed by atoms with Crippen LogP contribution in [0.2, 0.25) is 10.0 Å². The Labute approximate surface area is 135 Å². The van der Waals surface area contributed by atoms with Gasteiger partial charge in [0.25, 0.3) is 0 Å². The van der Waals surface area contributed by atoms with Crippen LogP contribution >= 0.6 is 39.1 Å². The molecular weight excluding hydrogens is 366 g/mol. The predicted molar refractivity (Wildman–Crippen MR) is 83.9 cm³/mol. The molecule has 0 aliphatic heterocycles. The van der Waals surface area contributed by atoms with Gasteiger partial charge in [0.1, 0.15) is 5.82 Å². The van der Waals surface area contributed by atoms with Gasteiger partial charge in [-0.15, -0.1) is 0 Å². The third-order valence-corrected chi connectivity index (χ3v) is 3.96. The van der Waals surface area contributed by atoms with Gasteiger partial charge in [0, 0.05) is 10.7 Å². The molecule has 0 radical (unpaired) electrons. The SMILES string of the molecule is CNC(Cc1ccc(Br)cc1F)c1ncc(Cl)cc1Cl. The Morgan fingerprint density at radius 1 is 1.35 bits per heavy atom. The molecule has 1 unspecified atom stereocenters. The number of rotatable bonds is 4. The second kappa shape index (κ2) is 6.85. The summed E-state index contributed by atoms with van der Waals surface area (Å²) in [6.45, 7) is 0. The third-order valence-electron chi connectivity index (χ3n) is 2.95. The van der Waals surface area contributed by atoms with Gasteiger partial charge < -0.3 is 5.32 Å². The molecule has 6 heteroatoms. The van der Waals surface area contributed by atoms with Crippen molar-refractivity contribution in [2.24, 2.45) is 0 Å². The Morgan fingerprint density at radius 2 is 2.10 bits per heavy atom. The van der Waals surface area contributed by atoms with Crippen molar-refractivity contribution in [2.75, 3.05) is 7.05 Å². The summed E-state index contributed by atoms with van der Waals surface area (Å²) in [6, 6.07) is 6.44. The van der Waals surface area contributed by atoms with Gasteiger partial charge in [-0.3, -0.25) is 4.98 Å². The first kappa shape index (κ1) is 15.7. The van der Waals surface area contributed by atoms with E-state index in [-0.39, 0.29) is 11.9 Å². The van der Waals surface area contributed by atoms with Crippen molar-refractivity contribution in [2.45, 2.75) is 12.5 Å². The first-order chi connectivity index (χ1) is 9.51. The summed E-state index contributed by atoms with van der Waals surface area (Å²) in [5, 5.41) is 4.04. The van der Waals surface area contributed by atoms with Crippen molar-refractivity contribution in [1.82, 2.24) is 10.3 Å². The van der Waals surface area contributed by atoms with E-state index in [0.29, 0.717) is 32.2 Å². The van der Waals surface area contributed by atoms with Crippen molar-refractivity contribution >= 4 is 39.1 Å². The molecule has 0 spiro atoms. The molecule has 0 amide bonds. The molecule has 2 rings (SSSR count). The van der Waals surface area contributed by atoms with E-state index in [1.807, 2.05) is 6.07 Å². The molecule has 1 heterocycles. The highest BCUT2D eigenvalue weighted by atomic mass is 79.9. The van der Waals surface area contributed by atoms with Crippen LogP contribution < -0.4 is 5.32 Å². The molecule has 1 aromatic carbocycles. The fraction of sp³-hybridized carbons (Fsp3) is 0.214. The zero-order valence-corrected chi connectivity index (χ0v) is 13.7. The lowest BCUT2D eigenvalue weighted by atomic mass is 10.0. The second-order valence-corrected chi connectivity index (χ2v) is 6.06. The van der Waals surface area contributed by atoms with Gasteiger partial charge in [0.15, 0.2) is 0 Å². The maximum absolute atomic E-state index is 13.9. The monoisotopic (exact) mass is 376 g/mol. The number of likely N-dealkylation sites (N-methyl/N-ethyl adjacent to an activating group) is 1. The molecule has 2 aromatic rings. The first-order valence-electron chi connectivity index (χ1n) is 5.93. The molecule has 1 atom stereocenters. The number of benzene rings is 1. The minimum absolute atomic E-state index is 0.185. The van der Waals surface area contributed by atoms with Crippen LogP contribution in [0.25, 0.3) is 0 Å². The number of halogens is 4. The standard InChI is InChI=1S/C14H12BrCl2FN2/c1-19-13(14-11(17)6-10(16)7-20-14)4-8-2-3-9(15)5-12(8)18/h2-3,5-7,13,19H,4H2,1H3. The molecule has 1 N–H and O–H groups in total. The van der Waals surface area contributed by atoms with Crippen LogP contribution in [-0.2, 0) is 6.42 Å². The molecule has 106 valence electrons. The smallest absolute Gasteiger partial charge is 0.127 e. The number of pyridine rings is 1. The number of nitrogens with one attached hydrogen (secondary N) is 1. The molecule has 2 nitrogen and oxygen atoms in total. The molecule has 0 fully saturated rings. The van der Waals surface area contributed by atoms with Crippen LogP contribution in [0.4, 0.5) is 4.39 Å². The summed E-state index contributed by atoms with van der Waals surface area (Å²) in [5.74, 6) is -0.260. The Bertz CT molecular complexity index is 622. The highest BCUT2D eigenvalue weighted by molar-refractivity contribution is 9.10. The summed E-state index contributed by atoms with van der Waals surface area (Å²) >= 11 is 15.2. The molecular formula is C14H12BrCl2FN2. The Hall–Kier alpha value is -0.680. The number of nitrogens with zero attached hydrogens (tertiary/aromatic N) is 1. The number of hydrogen-bond acceptors (Lipinski definition) is 2. The largest absolute Gasteiger partial charge is 0.311 e. The summed E-state index contributed by atoms with van der Waals surface area (Å²) in [7, 11) is 1.79. The van der Waals surface area contributed by atoms with E-state index in [0.717, 1.165) is 0 Å². The van der Waals surface area contributed by atoms with Gasteiger partial charge >= 0.3 is 0 Å². The van der Waals surface area contributed by atoms with Crippen LogP contribution in [0.15, 0.2) is 34.9 Å². The van der Waals surface area contributed by atoms with E-state index in [2.05, 4.69) is 26.2 Å². The summed E-state index contributed by atoms with van der Waals surface area (Å²) < 4.78 is 14.6. The Morgan fingerprint density at radius 3 is 2.70 bits per heavy atom. The highest BCUT2D eigenvalue weighted by Crippen LogP contribution is 2.27. The second-order valence-electron chi connectivity index (χ2n) is 4.30. The minimum Gasteiger partial charge on any atom is -0.311 e. The van der Waals surface area contributed by atoms with Gasteiger partial charge in [-0.1, -0.05) is 45.2 Å². The fourth-order valence-corrected chi connectivity index (χ4v) is 2.77. The minimum atomic E-state index is -0.260. The lowest BCUT2D eigenvalue weighted by molar-refractivity contribution is 0.544. The summed E-state index contributed by atoms with van der Waals surface area (Å²) in [4.78, 5) is 4.23. The van der Waals surface area contributed by atoms with Crippen molar-refractivity contribution < 1.29 is 4.39 Å². The predicted octanol–water partition coefficient (Wildman–Crippen LogP) is 4.79. The van der Waals surface area contributed by atoms with Gasteiger partial charge in [-0.25, -0.2) is 4.39 Å². The maximum atomic E-state index is 13.9. The molecule has 0 bridgehead atoms. The average Bonchev–Trinajstić information content (AvgIpc) is 2.39. The fourth-order valence-electron chi connectivity index (χ4n) is 1.92. The van der Waals surface area contributed by atoms with Crippen LogP contribution in [-0.4, -0.2) is 12.0 Å². The topological polar surface area (TPSA) is 24.9 Å². The maximum Gasteiger partial charge on any atom is 0.127 e. The molecule has 0 aliphatic carbocycles. The quantitative estimate of drug-likeness (QED) is 0.828. The van der Waals surface area contributed by atoms with Crippen molar-refractivity contribution in [3.8, 4) is 0 Å². The van der Waals surface area contributed by atoms with E-state index in [1.54, 1.807) is 19.2 Å². The first-order valence-corrected chi connectivity index (χ1v) is 7.48. The Kier molecular flexibility index (Phi) is 5.38. The molecule has 1 aromatic heterocycles. The Balaban J connectivity index is 2.28. The third kappa shape index (κ3) is 3.70. The van der Waals surface area contributed by atoms with Gasteiger partial charge in [0.05, 0.1) is 21.8 Å². The van der Waals surface area contributed by atoms with Crippen molar-refractivity contribution in [1.29, 1.82) is 0 Å². The normalized spacial score (nSPS) is 12.4. The van der Waals surface area contributed by atoms with E-state index >= 15 is 0 Å². The van der Waals surface area contributed by atoms with Crippen LogP contribution in [0, 0.1) is 5.82 Å². The van der Waals surface area contributed by atoms with E-state index < -0.39 is 0 Å². The molecule has 0 aliphatic rings. The zero-order valence-electron chi connectivity index (χ0n) is 10.6. The van der Waals surface area contributed by atoms with E-state index in [4.69, 9.17) is 23.2 Å². The summed E-state index contributed by atoms with van der Waals surface area (Å²) in [6.07, 6.45) is 1.98. The van der Waals surface area contributed by atoms with E-state index in [1.165, 1.54) is 12.3 Å². The lowest BCUT2D eigenvalue weighted by Gasteiger charge is -2.17. The number of hydrogen-bond donors (Lipinski definition) is 1. The molecule has 0 saturated carbocycles. The average molecular weight is 378 g/mol. The summed E-state index contributed by atoms with van der Waals surface area (Å²) in [5.41, 5.74) is 1.25. The van der Waals surface area contributed by atoms with Gasteiger partial charge in [0.2, 0.25) is 0 Å². The molecule has 0 saturated heterocycles.